The van der Waals surface area contributed by atoms with Crippen molar-refractivity contribution >= 4 is 17.5 Å². The van der Waals surface area contributed by atoms with E-state index in [9.17, 15) is 0 Å². The van der Waals surface area contributed by atoms with Gasteiger partial charge in [-0.3, -0.25) is 5.43 Å². The lowest BCUT2D eigenvalue weighted by molar-refractivity contribution is 0.947. The monoisotopic (exact) mass is 237 g/mol. The predicted octanol–water partition coefficient (Wildman–Crippen LogP) is 2.18. The maximum Gasteiger partial charge on any atom is 0.193 e. The first-order chi connectivity index (χ1) is 8.93. The van der Waals surface area contributed by atoms with Gasteiger partial charge < -0.3 is 4.40 Å². The second kappa shape index (κ2) is 4.67. The third-order valence-electron chi connectivity index (χ3n) is 2.54. The number of rotatable bonds is 3. The molecule has 0 aliphatic heterocycles. The number of anilines is 1. The summed E-state index contributed by atoms with van der Waals surface area (Å²) in [5.41, 5.74) is 4.87. The molecule has 0 amide bonds. The van der Waals surface area contributed by atoms with Crippen LogP contribution < -0.4 is 5.43 Å². The second-order valence-corrected chi connectivity index (χ2v) is 3.76. The normalized spacial score (nSPS) is 11.1. The number of nitrogens with one attached hydrogen (secondary N) is 1. The van der Waals surface area contributed by atoms with Gasteiger partial charge in [-0.15, -0.1) is 10.2 Å². The fraction of sp³-hybridized carbons (Fsp3) is 0. The van der Waals surface area contributed by atoms with Crippen molar-refractivity contribution in [1.29, 1.82) is 0 Å². The van der Waals surface area contributed by atoms with Crippen LogP contribution in [0.1, 0.15) is 5.56 Å². The second-order valence-electron chi connectivity index (χ2n) is 3.76. The quantitative estimate of drug-likeness (QED) is 0.561. The van der Waals surface area contributed by atoms with Crippen LogP contribution in [0.2, 0.25) is 0 Å². The molecule has 0 radical (unpaired) electrons. The predicted molar refractivity (Wildman–Crippen MR) is 70.6 cm³/mol. The molecule has 5 heteroatoms. The number of hydrogen-bond donors (Lipinski definition) is 1. The first kappa shape index (κ1) is 10.5. The molecular formula is C13H11N5. The highest BCUT2D eigenvalue weighted by Gasteiger charge is 2.00. The molecule has 1 N–H and O–H groups in total. The molecule has 0 fully saturated rings. The summed E-state index contributed by atoms with van der Waals surface area (Å²) in [6, 6.07) is 13.8. The maximum atomic E-state index is 4.15. The largest absolute Gasteiger partial charge is 0.303 e. The number of nitrogens with zero attached hydrogens (tertiary/aromatic N) is 4. The van der Waals surface area contributed by atoms with E-state index in [1.807, 2.05) is 53.1 Å². The number of benzene rings is 1. The topological polar surface area (TPSA) is 54.6 Å². The molecule has 2 aromatic heterocycles. The van der Waals surface area contributed by atoms with Crippen molar-refractivity contribution in [3.05, 3.63) is 60.6 Å². The van der Waals surface area contributed by atoms with Crippen LogP contribution in [0.25, 0.3) is 5.52 Å². The Kier molecular flexibility index (Phi) is 2.71. The molecule has 5 nitrogen and oxygen atoms in total. The van der Waals surface area contributed by atoms with E-state index in [1.165, 1.54) is 0 Å². The lowest BCUT2D eigenvalue weighted by Gasteiger charge is -2.00. The van der Waals surface area contributed by atoms with E-state index >= 15 is 0 Å². The van der Waals surface area contributed by atoms with Crippen LogP contribution in [0.4, 0.5) is 5.82 Å². The molecule has 18 heavy (non-hydrogen) atoms. The molecule has 3 aromatic rings. The molecule has 0 bridgehead atoms. The van der Waals surface area contributed by atoms with Crippen LogP contribution >= 0.6 is 0 Å². The van der Waals surface area contributed by atoms with E-state index in [1.54, 1.807) is 12.5 Å². The molecular weight excluding hydrogens is 226 g/mol. The highest BCUT2D eigenvalue weighted by atomic mass is 15.4. The Morgan fingerprint density at radius 3 is 2.89 bits per heavy atom. The van der Waals surface area contributed by atoms with Gasteiger partial charge >= 0.3 is 0 Å². The van der Waals surface area contributed by atoms with E-state index in [-0.39, 0.29) is 0 Å². The highest BCUT2D eigenvalue weighted by molar-refractivity contribution is 5.80. The van der Waals surface area contributed by atoms with Crippen molar-refractivity contribution in [1.82, 2.24) is 14.6 Å². The Bertz CT molecular complexity index is 672. The van der Waals surface area contributed by atoms with Crippen LogP contribution in [0.3, 0.4) is 0 Å². The van der Waals surface area contributed by atoms with E-state index in [4.69, 9.17) is 0 Å². The molecule has 3 rings (SSSR count). The Labute approximate surface area is 104 Å². The SMILES string of the molecule is C(=NNc1nncn2cccc12)c1ccccc1. The smallest absolute Gasteiger partial charge is 0.193 e. The zero-order valence-corrected chi connectivity index (χ0v) is 9.56. The van der Waals surface area contributed by atoms with Gasteiger partial charge in [-0.05, 0) is 17.7 Å². The van der Waals surface area contributed by atoms with Gasteiger partial charge in [0.1, 0.15) is 6.33 Å². The summed E-state index contributed by atoms with van der Waals surface area (Å²) in [4.78, 5) is 0. The third-order valence-corrected chi connectivity index (χ3v) is 2.54. The molecule has 0 saturated carbocycles. The zero-order valence-electron chi connectivity index (χ0n) is 9.56. The minimum atomic E-state index is 0.634. The molecule has 2 heterocycles. The van der Waals surface area contributed by atoms with Crippen molar-refractivity contribution in [2.24, 2.45) is 5.10 Å². The Morgan fingerprint density at radius 2 is 2.00 bits per heavy atom. The van der Waals surface area contributed by atoms with Crippen molar-refractivity contribution in [3.8, 4) is 0 Å². The summed E-state index contributed by atoms with van der Waals surface area (Å²) in [6.07, 6.45) is 5.31. The van der Waals surface area contributed by atoms with Gasteiger partial charge in [0, 0.05) is 6.20 Å². The number of aromatic nitrogens is 3. The first-order valence-electron chi connectivity index (χ1n) is 5.56. The van der Waals surface area contributed by atoms with Crippen LogP contribution in [-0.4, -0.2) is 20.8 Å². The fourth-order valence-electron chi connectivity index (χ4n) is 1.67. The van der Waals surface area contributed by atoms with E-state index in [0.29, 0.717) is 5.82 Å². The van der Waals surface area contributed by atoms with Crippen molar-refractivity contribution in [2.45, 2.75) is 0 Å². The summed E-state index contributed by atoms with van der Waals surface area (Å²) < 4.78 is 1.88. The molecule has 0 unspecified atom stereocenters. The Balaban J connectivity index is 1.81. The average Bonchev–Trinajstić information content (AvgIpc) is 2.89. The van der Waals surface area contributed by atoms with Crippen molar-refractivity contribution < 1.29 is 0 Å². The molecule has 0 aliphatic carbocycles. The molecule has 0 spiro atoms. The van der Waals surface area contributed by atoms with Crippen molar-refractivity contribution in [2.75, 3.05) is 5.43 Å². The van der Waals surface area contributed by atoms with Gasteiger partial charge in [0.15, 0.2) is 5.82 Å². The van der Waals surface area contributed by atoms with Gasteiger partial charge in [-0.2, -0.15) is 5.10 Å². The van der Waals surface area contributed by atoms with Crippen LogP contribution in [0.5, 0.6) is 0 Å². The van der Waals surface area contributed by atoms with Gasteiger partial charge in [0.25, 0.3) is 0 Å². The van der Waals surface area contributed by atoms with E-state index in [2.05, 4.69) is 20.7 Å². The third kappa shape index (κ3) is 2.06. The van der Waals surface area contributed by atoms with Gasteiger partial charge in [0.2, 0.25) is 0 Å². The standard InChI is InChI=1S/C13H11N5/c1-2-5-11(6-3-1)9-14-16-13-12-7-4-8-18(12)10-15-17-13/h1-10H,(H,16,17). The lowest BCUT2D eigenvalue weighted by atomic mass is 10.2. The van der Waals surface area contributed by atoms with Crippen LogP contribution in [-0.2, 0) is 0 Å². The Morgan fingerprint density at radius 1 is 1.11 bits per heavy atom. The molecule has 0 atom stereocenters. The summed E-state index contributed by atoms with van der Waals surface area (Å²) in [5, 5.41) is 12.1. The summed E-state index contributed by atoms with van der Waals surface area (Å²) in [5.74, 6) is 0.634. The van der Waals surface area contributed by atoms with E-state index < -0.39 is 0 Å². The van der Waals surface area contributed by atoms with Gasteiger partial charge in [-0.25, -0.2) is 0 Å². The number of hydrogen-bond acceptors (Lipinski definition) is 4. The zero-order chi connectivity index (χ0) is 12.2. The fourth-order valence-corrected chi connectivity index (χ4v) is 1.67. The molecule has 1 aromatic carbocycles. The van der Waals surface area contributed by atoms with E-state index in [0.717, 1.165) is 11.1 Å². The average molecular weight is 237 g/mol. The highest BCUT2D eigenvalue weighted by Crippen LogP contribution is 2.12. The molecule has 88 valence electrons. The first-order valence-corrected chi connectivity index (χ1v) is 5.56. The van der Waals surface area contributed by atoms with Gasteiger partial charge in [-0.1, -0.05) is 30.3 Å². The number of fused-ring (bicyclic) bond motifs is 1. The van der Waals surface area contributed by atoms with Gasteiger partial charge in [0.05, 0.1) is 11.7 Å². The number of hydrazone groups is 1. The summed E-state index contributed by atoms with van der Waals surface area (Å²) >= 11 is 0. The Hall–Kier alpha value is -2.69. The summed E-state index contributed by atoms with van der Waals surface area (Å²) in [7, 11) is 0. The van der Waals surface area contributed by atoms with Crippen LogP contribution in [0.15, 0.2) is 60.1 Å². The van der Waals surface area contributed by atoms with Crippen LogP contribution in [0, 0.1) is 0 Å². The molecule has 0 saturated heterocycles. The van der Waals surface area contributed by atoms with Crippen molar-refractivity contribution in [3.63, 3.8) is 0 Å². The maximum absolute atomic E-state index is 4.15. The summed E-state index contributed by atoms with van der Waals surface area (Å²) in [6.45, 7) is 0. The minimum Gasteiger partial charge on any atom is -0.303 e. The lowest BCUT2D eigenvalue weighted by Crippen LogP contribution is -1.98. The minimum absolute atomic E-state index is 0.634. The molecule has 0 aliphatic rings.